The third-order valence-electron chi connectivity index (χ3n) is 2.77. The Kier molecular flexibility index (Phi) is 4.53. The molecular formula is C15H19N3O2. The highest BCUT2D eigenvalue weighted by Crippen LogP contribution is 2.21. The van der Waals surface area contributed by atoms with E-state index in [0.717, 1.165) is 10.9 Å². The van der Waals surface area contributed by atoms with E-state index < -0.39 is 0 Å². The van der Waals surface area contributed by atoms with Gasteiger partial charge in [-0.25, -0.2) is 4.98 Å². The van der Waals surface area contributed by atoms with Gasteiger partial charge >= 0.3 is 0 Å². The van der Waals surface area contributed by atoms with Gasteiger partial charge in [-0.15, -0.1) is 0 Å². The first-order chi connectivity index (χ1) is 9.58. The molecule has 0 aliphatic heterocycles. The van der Waals surface area contributed by atoms with E-state index in [1.165, 1.54) is 0 Å². The van der Waals surface area contributed by atoms with Gasteiger partial charge in [0.1, 0.15) is 12.4 Å². The molecular weight excluding hydrogens is 254 g/mol. The van der Waals surface area contributed by atoms with Crippen LogP contribution in [0.5, 0.6) is 5.88 Å². The van der Waals surface area contributed by atoms with Crippen molar-refractivity contribution in [1.82, 2.24) is 4.98 Å². The second-order valence-corrected chi connectivity index (χ2v) is 4.71. The summed E-state index contributed by atoms with van der Waals surface area (Å²) in [7, 11) is 0. The predicted octanol–water partition coefficient (Wildman–Crippen LogP) is 2.32. The van der Waals surface area contributed by atoms with Gasteiger partial charge in [0.15, 0.2) is 0 Å². The third-order valence-corrected chi connectivity index (χ3v) is 2.77. The molecule has 2 rings (SSSR count). The van der Waals surface area contributed by atoms with Gasteiger partial charge in [-0.3, -0.25) is 5.41 Å². The van der Waals surface area contributed by atoms with Gasteiger partial charge in [-0.2, -0.15) is 0 Å². The molecule has 1 aromatic carbocycles. The molecule has 0 saturated carbocycles. The van der Waals surface area contributed by atoms with Gasteiger partial charge in [-0.1, -0.05) is 18.2 Å². The van der Waals surface area contributed by atoms with Gasteiger partial charge in [-0.05, 0) is 19.9 Å². The SMILES string of the molecule is CC(C)OCCOc1cc(C(=N)N)c2ccccc2n1. The standard InChI is InChI=1S/C15H19N3O2/c1-10(2)19-7-8-20-14-9-12(15(16)17)11-5-3-4-6-13(11)18-14/h3-6,9-10H,7-8H2,1-2H3,(H3,16,17). The number of benzene rings is 1. The topological polar surface area (TPSA) is 81.2 Å². The number of hydrogen-bond donors (Lipinski definition) is 2. The number of amidine groups is 1. The first-order valence-corrected chi connectivity index (χ1v) is 6.56. The zero-order chi connectivity index (χ0) is 14.5. The van der Waals surface area contributed by atoms with Gasteiger partial charge in [0.25, 0.3) is 0 Å². The number of rotatable bonds is 6. The highest BCUT2D eigenvalue weighted by molar-refractivity contribution is 6.06. The summed E-state index contributed by atoms with van der Waals surface area (Å²) in [4.78, 5) is 4.40. The number of pyridine rings is 1. The van der Waals surface area contributed by atoms with Crippen LogP contribution in [0.15, 0.2) is 30.3 Å². The summed E-state index contributed by atoms with van der Waals surface area (Å²) < 4.78 is 11.0. The molecule has 20 heavy (non-hydrogen) atoms. The number of ether oxygens (including phenoxy) is 2. The first-order valence-electron chi connectivity index (χ1n) is 6.56. The van der Waals surface area contributed by atoms with Gasteiger partial charge in [0.2, 0.25) is 5.88 Å². The largest absolute Gasteiger partial charge is 0.475 e. The van der Waals surface area contributed by atoms with Crippen LogP contribution < -0.4 is 10.5 Å². The average Bonchev–Trinajstić information content (AvgIpc) is 2.42. The molecule has 0 radical (unpaired) electrons. The Labute approximate surface area is 118 Å². The lowest BCUT2D eigenvalue weighted by Crippen LogP contribution is -2.14. The Balaban J connectivity index is 2.20. The quantitative estimate of drug-likeness (QED) is 0.481. The molecule has 0 bridgehead atoms. The molecule has 106 valence electrons. The van der Waals surface area contributed by atoms with Crippen LogP contribution in [0.4, 0.5) is 0 Å². The molecule has 0 saturated heterocycles. The minimum Gasteiger partial charge on any atom is -0.475 e. The van der Waals surface area contributed by atoms with Gasteiger partial charge in [0, 0.05) is 17.0 Å². The van der Waals surface area contributed by atoms with Crippen molar-refractivity contribution >= 4 is 16.7 Å². The van der Waals surface area contributed by atoms with E-state index in [1.807, 2.05) is 38.1 Å². The Morgan fingerprint density at radius 2 is 2.05 bits per heavy atom. The van der Waals surface area contributed by atoms with Crippen LogP contribution in [0.1, 0.15) is 19.4 Å². The molecule has 3 N–H and O–H groups in total. The Morgan fingerprint density at radius 3 is 2.75 bits per heavy atom. The van der Waals surface area contributed by atoms with E-state index in [9.17, 15) is 0 Å². The van der Waals surface area contributed by atoms with E-state index in [4.69, 9.17) is 20.6 Å². The molecule has 0 atom stereocenters. The number of nitrogens with one attached hydrogen (secondary N) is 1. The van der Waals surface area contributed by atoms with E-state index in [1.54, 1.807) is 6.07 Å². The van der Waals surface area contributed by atoms with Crippen molar-refractivity contribution in [3.8, 4) is 5.88 Å². The lowest BCUT2D eigenvalue weighted by molar-refractivity contribution is 0.0543. The van der Waals surface area contributed by atoms with E-state index in [-0.39, 0.29) is 11.9 Å². The summed E-state index contributed by atoms with van der Waals surface area (Å²) in [5.41, 5.74) is 7.02. The fourth-order valence-electron chi connectivity index (χ4n) is 1.88. The van der Waals surface area contributed by atoms with Crippen LogP contribution in [0, 0.1) is 5.41 Å². The summed E-state index contributed by atoms with van der Waals surface area (Å²) in [6, 6.07) is 9.25. The molecule has 0 fully saturated rings. The Hall–Kier alpha value is -2.14. The normalized spacial score (nSPS) is 10.9. The summed E-state index contributed by atoms with van der Waals surface area (Å²) in [6.07, 6.45) is 0.177. The summed E-state index contributed by atoms with van der Waals surface area (Å²) >= 11 is 0. The van der Waals surface area contributed by atoms with Crippen LogP contribution in [0.2, 0.25) is 0 Å². The van der Waals surface area contributed by atoms with E-state index in [2.05, 4.69) is 4.98 Å². The average molecular weight is 273 g/mol. The van der Waals surface area contributed by atoms with Crippen LogP contribution in [0.25, 0.3) is 10.9 Å². The highest BCUT2D eigenvalue weighted by atomic mass is 16.5. The Bertz CT molecular complexity index is 611. The second-order valence-electron chi connectivity index (χ2n) is 4.71. The number of aromatic nitrogens is 1. The molecule has 0 aliphatic carbocycles. The number of nitrogens with zero attached hydrogens (tertiary/aromatic N) is 1. The monoisotopic (exact) mass is 273 g/mol. The maximum Gasteiger partial charge on any atom is 0.214 e. The molecule has 0 spiro atoms. The fraction of sp³-hybridized carbons (Fsp3) is 0.333. The summed E-state index contributed by atoms with van der Waals surface area (Å²) in [6.45, 7) is 4.87. The van der Waals surface area contributed by atoms with Crippen LogP contribution in [-0.4, -0.2) is 30.1 Å². The van der Waals surface area contributed by atoms with Crippen LogP contribution in [-0.2, 0) is 4.74 Å². The lowest BCUT2D eigenvalue weighted by atomic mass is 10.1. The molecule has 0 aliphatic rings. The summed E-state index contributed by atoms with van der Waals surface area (Å²) in [5.74, 6) is 0.466. The fourth-order valence-corrected chi connectivity index (χ4v) is 1.88. The van der Waals surface area contributed by atoms with E-state index >= 15 is 0 Å². The zero-order valence-electron chi connectivity index (χ0n) is 11.7. The number of para-hydroxylation sites is 1. The molecule has 2 aromatic rings. The molecule has 0 amide bonds. The van der Waals surface area contributed by atoms with Gasteiger partial charge in [0.05, 0.1) is 18.2 Å². The number of nitrogens with two attached hydrogens (primary N) is 1. The molecule has 1 aromatic heterocycles. The smallest absolute Gasteiger partial charge is 0.214 e. The number of hydrogen-bond acceptors (Lipinski definition) is 4. The van der Waals surface area contributed by atoms with Crippen molar-refractivity contribution in [2.75, 3.05) is 13.2 Å². The van der Waals surface area contributed by atoms with Crippen molar-refractivity contribution < 1.29 is 9.47 Å². The minimum atomic E-state index is 0.00637. The van der Waals surface area contributed by atoms with Crippen molar-refractivity contribution in [3.05, 3.63) is 35.9 Å². The second kappa shape index (κ2) is 6.34. The number of fused-ring (bicyclic) bond motifs is 1. The highest BCUT2D eigenvalue weighted by Gasteiger charge is 2.08. The predicted molar refractivity (Wildman–Crippen MR) is 79.3 cm³/mol. The molecule has 1 heterocycles. The van der Waals surface area contributed by atoms with Crippen molar-refractivity contribution in [2.24, 2.45) is 5.73 Å². The maximum atomic E-state index is 7.65. The third kappa shape index (κ3) is 3.45. The van der Waals surface area contributed by atoms with Crippen LogP contribution in [0.3, 0.4) is 0 Å². The first kappa shape index (κ1) is 14.3. The molecule has 0 unspecified atom stereocenters. The Morgan fingerprint density at radius 1 is 1.30 bits per heavy atom. The van der Waals surface area contributed by atoms with Crippen molar-refractivity contribution in [1.29, 1.82) is 5.41 Å². The minimum absolute atomic E-state index is 0.00637. The maximum absolute atomic E-state index is 7.65. The molecule has 5 nitrogen and oxygen atoms in total. The van der Waals surface area contributed by atoms with Crippen LogP contribution >= 0.6 is 0 Å². The summed E-state index contributed by atoms with van der Waals surface area (Å²) in [5, 5.41) is 8.51. The van der Waals surface area contributed by atoms with Crippen molar-refractivity contribution in [2.45, 2.75) is 20.0 Å². The van der Waals surface area contributed by atoms with Gasteiger partial charge < -0.3 is 15.2 Å². The lowest BCUT2D eigenvalue weighted by Gasteiger charge is -2.11. The molecule has 5 heteroatoms. The van der Waals surface area contributed by atoms with E-state index in [0.29, 0.717) is 24.7 Å². The number of nitrogen functional groups attached to an aromatic ring is 1. The van der Waals surface area contributed by atoms with Crippen molar-refractivity contribution in [3.63, 3.8) is 0 Å². The zero-order valence-corrected chi connectivity index (χ0v) is 11.7.